The van der Waals surface area contributed by atoms with Gasteiger partial charge in [-0.3, -0.25) is 0 Å². The molecular weight excluding hydrogens is 255 g/mol. The maximum absolute atomic E-state index is 13.3. The monoisotopic (exact) mass is 272 g/mol. The van der Waals surface area contributed by atoms with Crippen LogP contribution in [0.4, 0.5) is 4.39 Å². The third kappa shape index (κ3) is 2.29. The van der Waals surface area contributed by atoms with Crippen LogP contribution in [0.3, 0.4) is 0 Å². The predicted octanol–water partition coefficient (Wildman–Crippen LogP) is 3.54. The first-order valence-corrected chi connectivity index (χ1v) is 6.78. The summed E-state index contributed by atoms with van der Waals surface area (Å²) in [5.41, 5.74) is 3.18. The number of aryl methyl sites for hydroxylation is 1. The highest BCUT2D eigenvalue weighted by molar-refractivity contribution is 5.43. The van der Waals surface area contributed by atoms with Crippen molar-refractivity contribution < 1.29 is 14.2 Å². The van der Waals surface area contributed by atoms with Crippen LogP contribution in [0.15, 0.2) is 36.4 Å². The van der Waals surface area contributed by atoms with E-state index in [-0.39, 0.29) is 11.9 Å². The van der Waals surface area contributed by atoms with Gasteiger partial charge in [-0.15, -0.1) is 0 Å². The average Bonchev–Trinajstić information content (AvgIpc) is 2.80. The highest BCUT2D eigenvalue weighted by Gasteiger charge is 2.21. The van der Waals surface area contributed by atoms with E-state index < -0.39 is 6.10 Å². The third-order valence-corrected chi connectivity index (χ3v) is 3.73. The Morgan fingerprint density at radius 3 is 2.65 bits per heavy atom. The summed E-state index contributed by atoms with van der Waals surface area (Å²) in [5.74, 6) is 0.640. The van der Waals surface area contributed by atoms with Crippen LogP contribution in [0.5, 0.6) is 5.75 Å². The number of fused-ring (bicyclic) bond motifs is 1. The van der Waals surface area contributed by atoms with Crippen LogP contribution in [-0.4, -0.2) is 11.2 Å². The van der Waals surface area contributed by atoms with E-state index in [1.807, 2.05) is 25.1 Å². The van der Waals surface area contributed by atoms with Crippen LogP contribution in [0.1, 0.15) is 35.3 Å². The lowest BCUT2D eigenvalue weighted by atomic mass is 9.97. The highest BCUT2D eigenvalue weighted by atomic mass is 19.1. The van der Waals surface area contributed by atoms with E-state index in [2.05, 4.69) is 0 Å². The van der Waals surface area contributed by atoms with Gasteiger partial charge in [-0.2, -0.15) is 0 Å². The Hall–Kier alpha value is -1.87. The molecule has 20 heavy (non-hydrogen) atoms. The summed E-state index contributed by atoms with van der Waals surface area (Å²) in [7, 11) is 0. The number of halogens is 1. The normalized spacial score (nSPS) is 18.5. The molecule has 0 spiro atoms. The van der Waals surface area contributed by atoms with Gasteiger partial charge in [0.05, 0.1) is 0 Å². The van der Waals surface area contributed by atoms with Crippen molar-refractivity contribution in [3.05, 3.63) is 64.5 Å². The van der Waals surface area contributed by atoms with Crippen LogP contribution in [0, 0.1) is 12.7 Å². The summed E-state index contributed by atoms with van der Waals surface area (Å²) in [6.45, 7) is 3.73. The van der Waals surface area contributed by atoms with E-state index in [0.717, 1.165) is 23.3 Å². The summed E-state index contributed by atoms with van der Waals surface area (Å²) in [6, 6.07) is 10.4. The topological polar surface area (TPSA) is 29.5 Å². The molecule has 2 unspecified atom stereocenters. The van der Waals surface area contributed by atoms with Crippen molar-refractivity contribution in [1.29, 1.82) is 0 Å². The molecule has 0 amide bonds. The van der Waals surface area contributed by atoms with Gasteiger partial charge in [0.2, 0.25) is 0 Å². The fourth-order valence-electron chi connectivity index (χ4n) is 2.64. The Morgan fingerprint density at radius 2 is 1.90 bits per heavy atom. The Labute approximate surface area is 117 Å². The Morgan fingerprint density at radius 1 is 1.20 bits per heavy atom. The maximum atomic E-state index is 13.3. The van der Waals surface area contributed by atoms with E-state index in [4.69, 9.17) is 4.74 Å². The molecule has 0 bridgehead atoms. The van der Waals surface area contributed by atoms with E-state index >= 15 is 0 Å². The molecule has 2 aromatic carbocycles. The zero-order valence-corrected chi connectivity index (χ0v) is 11.6. The molecule has 2 nitrogen and oxygen atoms in total. The second-order valence-electron chi connectivity index (χ2n) is 5.41. The van der Waals surface area contributed by atoms with Crippen LogP contribution in [0.25, 0.3) is 0 Å². The van der Waals surface area contributed by atoms with Gasteiger partial charge in [0.1, 0.15) is 23.8 Å². The molecule has 2 atom stereocenters. The van der Waals surface area contributed by atoms with Crippen molar-refractivity contribution in [2.75, 3.05) is 0 Å². The number of aliphatic hydroxyl groups excluding tert-OH is 1. The largest absolute Gasteiger partial charge is 0.490 e. The molecule has 0 fully saturated rings. The van der Waals surface area contributed by atoms with Crippen molar-refractivity contribution >= 4 is 0 Å². The minimum Gasteiger partial charge on any atom is -0.490 e. The molecule has 0 radical (unpaired) electrons. The van der Waals surface area contributed by atoms with Gasteiger partial charge in [-0.05, 0) is 54.3 Å². The zero-order valence-electron chi connectivity index (χ0n) is 11.6. The van der Waals surface area contributed by atoms with Crippen LogP contribution < -0.4 is 4.74 Å². The minimum atomic E-state index is -0.740. The summed E-state index contributed by atoms with van der Waals surface area (Å²) in [6.07, 6.45) is 0.305. The number of rotatable bonds is 2. The molecule has 0 aromatic heterocycles. The first kappa shape index (κ1) is 13.1. The summed E-state index contributed by atoms with van der Waals surface area (Å²) in [5, 5.41) is 10.4. The molecule has 1 N–H and O–H groups in total. The number of ether oxygens (including phenoxy) is 1. The molecule has 1 aliphatic heterocycles. The van der Waals surface area contributed by atoms with Crippen LogP contribution in [0.2, 0.25) is 0 Å². The van der Waals surface area contributed by atoms with E-state index in [0.29, 0.717) is 11.1 Å². The third-order valence-electron chi connectivity index (χ3n) is 3.73. The van der Waals surface area contributed by atoms with Gasteiger partial charge in [0.15, 0.2) is 0 Å². The Kier molecular flexibility index (Phi) is 3.22. The van der Waals surface area contributed by atoms with E-state index in [9.17, 15) is 9.50 Å². The molecule has 3 heteroatoms. The van der Waals surface area contributed by atoms with Crippen molar-refractivity contribution in [2.24, 2.45) is 0 Å². The van der Waals surface area contributed by atoms with E-state index in [1.165, 1.54) is 6.07 Å². The van der Waals surface area contributed by atoms with Crippen LogP contribution >= 0.6 is 0 Å². The predicted molar refractivity (Wildman–Crippen MR) is 75.4 cm³/mol. The first-order valence-electron chi connectivity index (χ1n) is 6.78. The van der Waals surface area contributed by atoms with Gasteiger partial charge in [-0.25, -0.2) is 4.39 Å². The summed E-state index contributed by atoms with van der Waals surface area (Å²) < 4.78 is 18.9. The van der Waals surface area contributed by atoms with Gasteiger partial charge in [-0.1, -0.05) is 18.2 Å². The van der Waals surface area contributed by atoms with Gasteiger partial charge in [0, 0.05) is 6.42 Å². The highest BCUT2D eigenvalue weighted by Crippen LogP contribution is 2.33. The summed E-state index contributed by atoms with van der Waals surface area (Å²) >= 11 is 0. The second kappa shape index (κ2) is 4.91. The Bertz CT molecular complexity index is 651. The molecule has 0 saturated carbocycles. The molecule has 104 valence electrons. The van der Waals surface area contributed by atoms with Crippen molar-refractivity contribution in [1.82, 2.24) is 0 Å². The van der Waals surface area contributed by atoms with Gasteiger partial charge >= 0.3 is 0 Å². The Balaban J connectivity index is 1.93. The van der Waals surface area contributed by atoms with Crippen LogP contribution in [-0.2, 0) is 6.42 Å². The molecule has 0 aliphatic carbocycles. The lowest BCUT2D eigenvalue weighted by Gasteiger charge is -2.13. The number of hydrogen-bond acceptors (Lipinski definition) is 2. The van der Waals surface area contributed by atoms with E-state index in [1.54, 1.807) is 19.1 Å². The standard InChI is InChI=1S/C17H17FO2/c1-10-7-12(3-5-15(10)18)17(19)13-4-6-16-14(9-13)8-11(2)20-16/h3-7,9,11,17,19H,8H2,1-2H3. The van der Waals surface area contributed by atoms with Gasteiger partial charge in [0.25, 0.3) is 0 Å². The molecule has 3 rings (SSSR count). The zero-order chi connectivity index (χ0) is 14.3. The van der Waals surface area contributed by atoms with Gasteiger partial charge < -0.3 is 9.84 Å². The van der Waals surface area contributed by atoms with Crippen molar-refractivity contribution in [2.45, 2.75) is 32.5 Å². The summed E-state index contributed by atoms with van der Waals surface area (Å²) in [4.78, 5) is 0. The lowest BCUT2D eigenvalue weighted by Crippen LogP contribution is -2.05. The molecule has 1 heterocycles. The average molecular weight is 272 g/mol. The first-order chi connectivity index (χ1) is 9.54. The number of benzene rings is 2. The molecule has 1 aliphatic rings. The van der Waals surface area contributed by atoms with Crippen molar-refractivity contribution in [3.63, 3.8) is 0 Å². The quantitative estimate of drug-likeness (QED) is 0.906. The maximum Gasteiger partial charge on any atom is 0.126 e. The smallest absolute Gasteiger partial charge is 0.126 e. The fraction of sp³-hybridized carbons (Fsp3) is 0.294. The number of aliphatic hydroxyl groups is 1. The second-order valence-corrected chi connectivity index (χ2v) is 5.41. The molecule has 2 aromatic rings. The number of hydrogen-bond donors (Lipinski definition) is 1. The lowest BCUT2D eigenvalue weighted by molar-refractivity contribution is 0.220. The van der Waals surface area contributed by atoms with Crippen molar-refractivity contribution in [3.8, 4) is 5.75 Å². The minimum absolute atomic E-state index is 0.186. The fourth-order valence-corrected chi connectivity index (χ4v) is 2.64. The molecular formula is C17H17FO2. The molecule has 0 saturated heterocycles. The SMILES string of the molecule is Cc1cc(C(O)c2ccc3c(c2)CC(C)O3)ccc1F.